The number of ether oxygens (including phenoxy) is 1. The van der Waals surface area contributed by atoms with Crippen LogP contribution in [0.3, 0.4) is 0 Å². The zero-order valence-corrected chi connectivity index (χ0v) is 19.6. The Bertz CT molecular complexity index is 827. The minimum absolute atomic E-state index is 0.0428. The van der Waals surface area contributed by atoms with Gasteiger partial charge in [0, 0.05) is 26.1 Å². The van der Waals surface area contributed by atoms with Crippen molar-refractivity contribution < 1.29 is 23.9 Å². The predicted octanol–water partition coefficient (Wildman–Crippen LogP) is 2.92. The first kappa shape index (κ1) is 26.1. The molecule has 1 N–H and O–H groups in total. The van der Waals surface area contributed by atoms with Crippen LogP contribution in [0, 0.1) is 5.92 Å². The highest BCUT2D eigenvalue weighted by Crippen LogP contribution is 2.19. The van der Waals surface area contributed by atoms with Crippen LogP contribution in [0.25, 0.3) is 0 Å². The molecule has 1 aromatic carbocycles. The van der Waals surface area contributed by atoms with Crippen molar-refractivity contribution >= 4 is 23.7 Å². The van der Waals surface area contributed by atoms with Gasteiger partial charge in [-0.2, -0.15) is 0 Å². The molecule has 2 unspecified atom stereocenters. The summed E-state index contributed by atoms with van der Waals surface area (Å²) in [5.74, 6) is -0.712. The van der Waals surface area contributed by atoms with Crippen LogP contribution in [0.4, 0.5) is 4.79 Å². The van der Waals surface area contributed by atoms with Gasteiger partial charge in [-0.3, -0.25) is 14.4 Å². The van der Waals surface area contributed by atoms with E-state index in [-0.39, 0.29) is 36.7 Å². The van der Waals surface area contributed by atoms with E-state index in [1.807, 2.05) is 37.3 Å². The van der Waals surface area contributed by atoms with Crippen molar-refractivity contribution in [3.63, 3.8) is 0 Å². The lowest BCUT2D eigenvalue weighted by molar-refractivity contribution is -0.143. The van der Waals surface area contributed by atoms with E-state index < -0.39 is 12.1 Å². The first-order valence-corrected chi connectivity index (χ1v) is 11.5. The molecule has 0 saturated carbocycles. The number of benzene rings is 1. The highest BCUT2D eigenvalue weighted by Gasteiger charge is 2.33. The molecule has 1 aliphatic rings. The third kappa shape index (κ3) is 8.36. The molecule has 1 aliphatic heterocycles. The summed E-state index contributed by atoms with van der Waals surface area (Å²) in [6.45, 7) is 6.52. The van der Waals surface area contributed by atoms with E-state index in [2.05, 4.69) is 11.9 Å². The predicted molar refractivity (Wildman–Crippen MR) is 125 cm³/mol. The zero-order chi connectivity index (χ0) is 24.2. The molecule has 0 radical (unpaired) electrons. The van der Waals surface area contributed by atoms with Crippen molar-refractivity contribution in [2.45, 2.75) is 51.7 Å². The molecular formula is C25H35N3O5. The van der Waals surface area contributed by atoms with Gasteiger partial charge in [-0.15, -0.1) is 0 Å². The third-order valence-electron chi connectivity index (χ3n) is 5.82. The number of unbranched alkanes of at least 4 members (excludes halogenated alkanes) is 1. The van der Waals surface area contributed by atoms with E-state index in [4.69, 9.17) is 4.74 Å². The summed E-state index contributed by atoms with van der Waals surface area (Å²) in [6.07, 6.45) is 4.34. The number of ketones is 1. The van der Waals surface area contributed by atoms with Crippen molar-refractivity contribution in [3.8, 4) is 0 Å². The van der Waals surface area contributed by atoms with E-state index >= 15 is 0 Å². The number of rotatable bonds is 12. The third-order valence-corrected chi connectivity index (χ3v) is 5.82. The highest BCUT2D eigenvalue weighted by atomic mass is 16.5. The summed E-state index contributed by atoms with van der Waals surface area (Å²) < 4.78 is 5.16. The molecule has 1 heterocycles. The normalized spacial score (nSPS) is 16.1. The molecule has 0 bridgehead atoms. The zero-order valence-electron chi connectivity index (χ0n) is 19.6. The SMILES string of the molecule is C=CC(=O)C1CCCN1C(=O)CN(C)C(=O)C(C)CCCCNC(=O)OCc1ccccc1. The highest BCUT2D eigenvalue weighted by molar-refractivity contribution is 5.97. The van der Waals surface area contributed by atoms with E-state index in [0.717, 1.165) is 24.8 Å². The molecule has 0 aliphatic carbocycles. The lowest BCUT2D eigenvalue weighted by atomic mass is 10.0. The average Bonchev–Trinajstić information content (AvgIpc) is 3.32. The second-order valence-electron chi connectivity index (χ2n) is 8.43. The fourth-order valence-electron chi connectivity index (χ4n) is 3.91. The fraction of sp³-hybridized carbons (Fsp3) is 0.520. The quantitative estimate of drug-likeness (QED) is 0.385. The maximum atomic E-state index is 12.6. The van der Waals surface area contributed by atoms with Gasteiger partial charge in [0.2, 0.25) is 11.8 Å². The first-order chi connectivity index (χ1) is 15.8. The van der Waals surface area contributed by atoms with Gasteiger partial charge in [-0.1, -0.05) is 50.3 Å². The number of nitrogens with one attached hydrogen (secondary N) is 1. The molecule has 33 heavy (non-hydrogen) atoms. The monoisotopic (exact) mass is 457 g/mol. The summed E-state index contributed by atoms with van der Waals surface area (Å²) in [7, 11) is 1.61. The lowest BCUT2D eigenvalue weighted by Crippen LogP contribution is -2.46. The number of carbonyl (C=O) groups is 4. The molecule has 8 heteroatoms. The van der Waals surface area contributed by atoms with Crippen molar-refractivity contribution in [2.75, 3.05) is 26.7 Å². The Balaban J connectivity index is 1.63. The number of likely N-dealkylation sites (N-methyl/N-ethyl adjacent to an activating group) is 1. The summed E-state index contributed by atoms with van der Waals surface area (Å²) in [4.78, 5) is 51.9. The molecule has 0 spiro atoms. The van der Waals surface area contributed by atoms with Crippen LogP contribution in [-0.2, 0) is 25.7 Å². The maximum absolute atomic E-state index is 12.6. The Morgan fingerprint density at radius 1 is 1.24 bits per heavy atom. The standard InChI is InChI=1S/C25H35N3O5/c1-4-22(29)21-14-10-16-28(21)23(30)17-27(3)24(31)19(2)11-8-9-15-26-25(32)33-18-20-12-6-5-7-13-20/h4-7,12-13,19,21H,1,8-11,14-18H2,2-3H3,(H,26,32). The van der Waals surface area contributed by atoms with Gasteiger partial charge in [0.15, 0.2) is 5.78 Å². The summed E-state index contributed by atoms with van der Waals surface area (Å²) in [5.41, 5.74) is 0.926. The van der Waals surface area contributed by atoms with Crippen molar-refractivity contribution in [1.82, 2.24) is 15.1 Å². The smallest absolute Gasteiger partial charge is 0.407 e. The van der Waals surface area contributed by atoms with Crippen molar-refractivity contribution in [3.05, 3.63) is 48.6 Å². The van der Waals surface area contributed by atoms with Gasteiger partial charge in [0.25, 0.3) is 0 Å². The number of nitrogens with zero attached hydrogens (tertiary/aromatic N) is 2. The lowest BCUT2D eigenvalue weighted by Gasteiger charge is -2.27. The van der Waals surface area contributed by atoms with Gasteiger partial charge in [0.05, 0.1) is 12.6 Å². The number of carbonyl (C=O) groups excluding carboxylic acids is 4. The van der Waals surface area contributed by atoms with Crippen LogP contribution in [0.2, 0.25) is 0 Å². The summed E-state index contributed by atoms with van der Waals surface area (Å²) in [6, 6.07) is 9.00. The molecule has 8 nitrogen and oxygen atoms in total. The van der Waals surface area contributed by atoms with E-state index in [0.29, 0.717) is 25.9 Å². The Labute approximate surface area is 195 Å². The Morgan fingerprint density at radius 3 is 2.67 bits per heavy atom. The molecule has 1 fully saturated rings. The topological polar surface area (TPSA) is 96.0 Å². The molecule has 1 saturated heterocycles. The van der Waals surface area contributed by atoms with Crippen LogP contribution in [0.5, 0.6) is 0 Å². The largest absolute Gasteiger partial charge is 0.445 e. The van der Waals surface area contributed by atoms with E-state index in [1.165, 1.54) is 11.0 Å². The van der Waals surface area contributed by atoms with Crippen LogP contribution < -0.4 is 5.32 Å². The maximum Gasteiger partial charge on any atom is 0.407 e. The molecule has 3 amide bonds. The number of hydrogen-bond donors (Lipinski definition) is 1. The van der Waals surface area contributed by atoms with Crippen LogP contribution >= 0.6 is 0 Å². The number of likely N-dealkylation sites (tertiary alicyclic amines) is 1. The molecule has 2 atom stereocenters. The number of alkyl carbamates (subject to hydrolysis) is 1. The number of amides is 3. The summed E-state index contributed by atoms with van der Waals surface area (Å²) in [5, 5.41) is 2.71. The Kier molecular flexibility index (Phi) is 10.6. The van der Waals surface area contributed by atoms with Crippen LogP contribution in [0.15, 0.2) is 43.0 Å². The second kappa shape index (κ2) is 13.4. The van der Waals surface area contributed by atoms with E-state index in [9.17, 15) is 19.2 Å². The van der Waals surface area contributed by atoms with E-state index in [1.54, 1.807) is 11.9 Å². The first-order valence-electron chi connectivity index (χ1n) is 11.5. The van der Waals surface area contributed by atoms with Gasteiger partial charge < -0.3 is 19.9 Å². The molecular weight excluding hydrogens is 422 g/mol. The van der Waals surface area contributed by atoms with Crippen LogP contribution in [-0.4, -0.2) is 66.2 Å². The van der Waals surface area contributed by atoms with Crippen LogP contribution in [0.1, 0.15) is 44.6 Å². The minimum Gasteiger partial charge on any atom is -0.445 e. The Morgan fingerprint density at radius 2 is 1.97 bits per heavy atom. The van der Waals surface area contributed by atoms with Crippen molar-refractivity contribution in [1.29, 1.82) is 0 Å². The van der Waals surface area contributed by atoms with Gasteiger partial charge in [-0.25, -0.2) is 4.79 Å². The Hall–Kier alpha value is -3.16. The van der Waals surface area contributed by atoms with Crippen molar-refractivity contribution in [2.24, 2.45) is 5.92 Å². The molecule has 2 rings (SSSR count). The second-order valence-corrected chi connectivity index (χ2v) is 8.43. The number of hydrogen-bond acceptors (Lipinski definition) is 5. The molecule has 180 valence electrons. The van der Waals surface area contributed by atoms with Gasteiger partial charge in [-0.05, 0) is 37.3 Å². The van der Waals surface area contributed by atoms with Gasteiger partial charge >= 0.3 is 6.09 Å². The fourth-order valence-corrected chi connectivity index (χ4v) is 3.91. The molecule has 1 aromatic rings. The molecule has 0 aromatic heterocycles. The average molecular weight is 458 g/mol. The summed E-state index contributed by atoms with van der Waals surface area (Å²) >= 11 is 0. The minimum atomic E-state index is -0.462. The van der Waals surface area contributed by atoms with Gasteiger partial charge in [0.1, 0.15) is 6.61 Å².